The van der Waals surface area contributed by atoms with E-state index in [2.05, 4.69) is 0 Å². The molecule has 0 saturated carbocycles. The van der Waals surface area contributed by atoms with E-state index in [4.69, 9.17) is 18.4 Å². The molecule has 2 rings (SSSR count). The lowest BCUT2D eigenvalue weighted by molar-refractivity contribution is -0.217. The van der Waals surface area contributed by atoms with Crippen molar-refractivity contribution in [2.75, 3.05) is 6.26 Å². The molecule has 0 N–H and O–H groups in total. The fraction of sp³-hybridized carbons (Fsp3) is 1.00. The van der Waals surface area contributed by atoms with Crippen LogP contribution in [0.1, 0.15) is 34.1 Å². The predicted molar refractivity (Wildman–Crippen MR) is 67.9 cm³/mol. The molecule has 2 heterocycles. The Hall–Kier alpha value is -0.210. The van der Waals surface area contributed by atoms with Gasteiger partial charge in [-0.15, -0.1) is 0 Å². The highest BCUT2D eigenvalue weighted by Crippen LogP contribution is 2.42. The van der Waals surface area contributed by atoms with Gasteiger partial charge in [0.05, 0.1) is 12.4 Å². The van der Waals surface area contributed by atoms with Crippen molar-refractivity contribution in [1.29, 1.82) is 0 Å². The molecule has 19 heavy (non-hydrogen) atoms. The smallest absolute Gasteiger partial charge is 0.264 e. The van der Waals surface area contributed by atoms with Crippen LogP contribution in [-0.4, -0.2) is 45.1 Å². The summed E-state index contributed by atoms with van der Waals surface area (Å²) in [6.07, 6.45) is 0.109. The van der Waals surface area contributed by atoms with Gasteiger partial charge in [0.2, 0.25) is 0 Å². The van der Waals surface area contributed by atoms with E-state index in [1.165, 1.54) is 0 Å². The van der Waals surface area contributed by atoms with E-state index in [9.17, 15) is 8.42 Å². The quantitative estimate of drug-likeness (QED) is 0.727. The first kappa shape index (κ1) is 15.2. The third-order valence-electron chi connectivity index (χ3n) is 3.48. The fourth-order valence-electron chi connectivity index (χ4n) is 2.69. The summed E-state index contributed by atoms with van der Waals surface area (Å²) in [5, 5.41) is 0. The molecule has 2 aliphatic heterocycles. The Balaban J connectivity index is 2.08. The molecule has 0 amide bonds. The Morgan fingerprint density at radius 3 is 2.42 bits per heavy atom. The molecule has 2 aliphatic rings. The van der Waals surface area contributed by atoms with Crippen LogP contribution in [0.4, 0.5) is 0 Å². The van der Waals surface area contributed by atoms with Crippen molar-refractivity contribution >= 4 is 10.1 Å². The maximum atomic E-state index is 11.3. The zero-order valence-electron chi connectivity index (χ0n) is 12.0. The Bertz CT molecular complexity index is 432. The third-order valence-corrected chi connectivity index (χ3v) is 4.08. The highest BCUT2D eigenvalue weighted by Gasteiger charge is 2.54. The molecule has 112 valence electrons. The van der Waals surface area contributed by atoms with Crippen molar-refractivity contribution in [1.82, 2.24) is 0 Å². The number of hydrogen-bond acceptors (Lipinski definition) is 6. The molecule has 2 fully saturated rings. The lowest BCUT2D eigenvalue weighted by atomic mass is 9.96. The predicted octanol–water partition coefficient (Wildman–Crippen LogP) is 1.25. The largest absolute Gasteiger partial charge is 0.343 e. The minimum Gasteiger partial charge on any atom is -0.343 e. The molecule has 0 aliphatic carbocycles. The normalized spacial score (nSPS) is 39.2. The molecule has 5 atom stereocenters. The van der Waals surface area contributed by atoms with E-state index in [-0.39, 0.29) is 18.1 Å². The minimum absolute atomic E-state index is 0.0125. The molecule has 0 radical (unpaired) electrons. The lowest BCUT2D eigenvalue weighted by Gasteiger charge is -2.28. The van der Waals surface area contributed by atoms with Gasteiger partial charge < -0.3 is 14.2 Å². The van der Waals surface area contributed by atoms with Gasteiger partial charge in [0.15, 0.2) is 12.1 Å². The van der Waals surface area contributed by atoms with Crippen LogP contribution in [0, 0.1) is 5.92 Å². The maximum absolute atomic E-state index is 11.3. The van der Waals surface area contributed by atoms with Crippen molar-refractivity contribution < 1.29 is 26.8 Å². The lowest BCUT2D eigenvalue weighted by Crippen LogP contribution is -2.37. The highest BCUT2D eigenvalue weighted by atomic mass is 32.2. The van der Waals surface area contributed by atoms with E-state index in [1.807, 2.05) is 27.7 Å². The number of hydrogen-bond donors (Lipinski definition) is 0. The summed E-state index contributed by atoms with van der Waals surface area (Å²) in [4.78, 5) is 0. The Labute approximate surface area is 114 Å². The van der Waals surface area contributed by atoms with Crippen LogP contribution in [0.2, 0.25) is 0 Å². The van der Waals surface area contributed by atoms with Crippen LogP contribution in [0.25, 0.3) is 0 Å². The first-order valence-electron chi connectivity index (χ1n) is 6.52. The van der Waals surface area contributed by atoms with Gasteiger partial charge in [-0.3, -0.25) is 4.18 Å². The van der Waals surface area contributed by atoms with Crippen LogP contribution >= 0.6 is 0 Å². The summed E-state index contributed by atoms with van der Waals surface area (Å²) in [6.45, 7) is 7.50. The van der Waals surface area contributed by atoms with E-state index in [1.54, 1.807) is 0 Å². The molecule has 0 spiro atoms. The standard InChI is InChI=1S/C12H22O6S/c1-6-8(18-19(5,13)14)9-7(2)10-11(15-9)17-12(3,4)16-10/h7-11H,6H2,1-5H3/t7-,8-,9-,10+,11+/m0/s1. The summed E-state index contributed by atoms with van der Waals surface area (Å²) in [5.41, 5.74) is 0. The van der Waals surface area contributed by atoms with Crippen molar-refractivity contribution in [3.05, 3.63) is 0 Å². The molecule has 6 nitrogen and oxygen atoms in total. The van der Waals surface area contributed by atoms with Crippen LogP contribution in [0.15, 0.2) is 0 Å². The summed E-state index contributed by atoms with van der Waals surface area (Å²) < 4.78 is 44.9. The van der Waals surface area contributed by atoms with Crippen LogP contribution < -0.4 is 0 Å². The second kappa shape index (κ2) is 4.96. The first-order chi connectivity index (χ1) is 8.63. The van der Waals surface area contributed by atoms with E-state index >= 15 is 0 Å². The zero-order valence-corrected chi connectivity index (χ0v) is 12.8. The molecule has 2 saturated heterocycles. The highest BCUT2D eigenvalue weighted by molar-refractivity contribution is 7.86. The maximum Gasteiger partial charge on any atom is 0.264 e. The third kappa shape index (κ3) is 3.28. The number of fused-ring (bicyclic) bond motifs is 1. The van der Waals surface area contributed by atoms with Gasteiger partial charge >= 0.3 is 0 Å². The van der Waals surface area contributed by atoms with Crippen molar-refractivity contribution in [3.63, 3.8) is 0 Å². The van der Waals surface area contributed by atoms with E-state index < -0.39 is 28.3 Å². The zero-order chi connectivity index (χ0) is 14.4. The Morgan fingerprint density at radius 2 is 1.95 bits per heavy atom. The van der Waals surface area contributed by atoms with Gasteiger partial charge in [-0.25, -0.2) is 0 Å². The average molecular weight is 294 g/mol. The summed E-state index contributed by atoms with van der Waals surface area (Å²) in [6, 6.07) is 0. The molecule has 0 bridgehead atoms. The van der Waals surface area contributed by atoms with Gasteiger partial charge in [0, 0.05) is 5.92 Å². The minimum atomic E-state index is -3.50. The monoisotopic (exact) mass is 294 g/mol. The second-order valence-electron chi connectivity index (χ2n) is 5.68. The molecule has 0 unspecified atom stereocenters. The van der Waals surface area contributed by atoms with Crippen LogP contribution in [0.5, 0.6) is 0 Å². The van der Waals surface area contributed by atoms with Gasteiger partial charge in [0.25, 0.3) is 10.1 Å². The topological polar surface area (TPSA) is 71.1 Å². The van der Waals surface area contributed by atoms with Crippen LogP contribution in [0.3, 0.4) is 0 Å². The van der Waals surface area contributed by atoms with Gasteiger partial charge in [-0.05, 0) is 20.3 Å². The van der Waals surface area contributed by atoms with E-state index in [0.29, 0.717) is 6.42 Å². The molecule has 0 aromatic heterocycles. The molecular weight excluding hydrogens is 272 g/mol. The van der Waals surface area contributed by atoms with Gasteiger partial charge in [-0.1, -0.05) is 13.8 Å². The first-order valence-corrected chi connectivity index (χ1v) is 8.34. The fourth-order valence-corrected chi connectivity index (χ4v) is 3.38. The summed E-state index contributed by atoms with van der Waals surface area (Å²) in [7, 11) is -3.50. The number of ether oxygens (including phenoxy) is 3. The average Bonchev–Trinajstić information content (AvgIpc) is 2.69. The van der Waals surface area contributed by atoms with Crippen LogP contribution in [-0.2, 0) is 28.5 Å². The SMILES string of the molecule is CC[C@H](OS(C)(=O)=O)[C@H]1O[C@@H]2OC(C)(C)O[C@@H]2[C@H]1C. The molecule has 7 heteroatoms. The molecule has 0 aromatic rings. The Morgan fingerprint density at radius 1 is 1.32 bits per heavy atom. The summed E-state index contributed by atoms with van der Waals surface area (Å²) in [5.74, 6) is -0.646. The van der Waals surface area contributed by atoms with E-state index in [0.717, 1.165) is 6.26 Å². The van der Waals surface area contributed by atoms with Crippen molar-refractivity contribution in [2.24, 2.45) is 5.92 Å². The van der Waals surface area contributed by atoms with Crippen molar-refractivity contribution in [2.45, 2.75) is 64.5 Å². The summed E-state index contributed by atoms with van der Waals surface area (Å²) >= 11 is 0. The number of rotatable bonds is 4. The molecular formula is C12H22O6S. The van der Waals surface area contributed by atoms with Crippen molar-refractivity contribution in [3.8, 4) is 0 Å². The van der Waals surface area contributed by atoms with Gasteiger partial charge in [-0.2, -0.15) is 8.42 Å². The van der Waals surface area contributed by atoms with Gasteiger partial charge in [0.1, 0.15) is 12.2 Å². The molecule has 0 aromatic carbocycles. The Kier molecular flexibility index (Phi) is 3.97. The second-order valence-corrected chi connectivity index (χ2v) is 7.28.